The number of aromatic nitrogens is 1. The molecule has 0 spiro atoms. The molecule has 1 aromatic heterocycles. The smallest absolute Gasteiger partial charge is 0.140 e. The van der Waals surface area contributed by atoms with Crippen molar-refractivity contribution < 1.29 is 0 Å². The zero-order valence-electron chi connectivity index (χ0n) is 11.1. The van der Waals surface area contributed by atoms with Gasteiger partial charge in [-0.3, -0.25) is 4.90 Å². The minimum atomic E-state index is 0.483. The van der Waals surface area contributed by atoms with Crippen molar-refractivity contribution in [3.8, 4) is 6.07 Å². The molecule has 0 bridgehead atoms. The fraction of sp³-hybridized carbons (Fsp3) is 0.571. The topological polar surface area (TPSA) is 43.2 Å². The van der Waals surface area contributed by atoms with E-state index >= 15 is 0 Å². The van der Waals surface area contributed by atoms with Crippen LogP contribution >= 0.6 is 0 Å². The second-order valence-electron chi connectivity index (χ2n) is 4.79. The summed E-state index contributed by atoms with van der Waals surface area (Å²) >= 11 is 0. The van der Waals surface area contributed by atoms with Gasteiger partial charge in [0.2, 0.25) is 0 Å². The van der Waals surface area contributed by atoms with Crippen LogP contribution in [0.1, 0.15) is 26.0 Å². The molecule has 1 aliphatic rings. The van der Waals surface area contributed by atoms with Gasteiger partial charge in [-0.15, -0.1) is 0 Å². The molecule has 0 aromatic carbocycles. The second-order valence-corrected chi connectivity index (χ2v) is 4.79. The Kier molecular flexibility index (Phi) is 4.16. The highest BCUT2D eigenvalue weighted by Crippen LogP contribution is 2.17. The Morgan fingerprint density at radius 3 is 2.56 bits per heavy atom. The lowest BCUT2D eigenvalue weighted by Gasteiger charge is -2.38. The Hall–Kier alpha value is -1.60. The molecule has 0 N–H and O–H groups in total. The van der Waals surface area contributed by atoms with Crippen molar-refractivity contribution in [3.63, 3.8) is 0 Å². The second kappa shape index (κ2) is 5.83. The normalized spacial score (nSPS) is 18.4. The summed E-state index contributed by atoms with van der Waals surface area (Å²) in [6.07, 6.45) is 3.01. The lowest BCUT2D eigenvalue weighted by molar-refractivity contribution is 0.193. The quantitative estimate of drug-likeness (QED) is 0.814. The first-order valence-corrected chi connectivity index (χ1v) is 6.59. The number of rotatable bonds is 3. The van der Waals surface area contributed by atoms with Gasteiger partial charge in [0.05, 0.1) is 11.9 Å². The summed E-state index contributed by atoms with van der Waals surface area (Å²) in [6, 6.07) is 6.50. The first-order chi connectivity index (χ1) is 8.74. The van der Waals surface area contributed by atoms with E-state index in [1.54, 1.807) is 12.3 Å². The third kappa shape index (κ3) is 2.80. The average Bonchev–Trinajstić information content (AvgIpc) is 2.47. The molecule has 18 heavy (non-hydrogen) atoms. The maximum Gasteiger partial charge on any atom is 0.140 e. The molecule has 1 atom stereocenters. The highest BCUT2D eigenvalue weighted by Gasteiger charge is 2.20. The third-order valence-electron chi connectivity index (χ3n) is 3.76. The van der Waals surface area contributed by atoms with E-state index in [-0.39, 0.29) is 0 Å². The predicted octanol–water partition coefficient (Wildman–Crippen LogP) is 1.87. The van der Waals surface area contributed by atoms with Crippen molar-refractivity contribution in [1.82, 2.24) is 9.88 Å². The standard InChI is InChI=1S/C14H20N4/c1-3-12(2)17-6-8-18(9-7-17)14-5-4-13(10-15)16-11-14/h4-5,11-12H,3,6-9H2,1-2H3. The molecule has 0 amide bonds. The largest absolute Gasteiger partial charge is 0.368 e. The Morgan fingerprint density at radius 1 is 1.33 bits per heavy atom. The van der Waals surface area contributed by atoms with Crippen molar-refractivity contribution >= 4 is 5.69 Å². The molecule has 2 heterocycles. The lowest BCUT2D eigenvalue weighted by atomic mass is 10.2. The molecule has 96 valence electrons. The Morgan fingerprint density at radius 2 is 2.06 bits per heavy atom. The maximum atomic E-state index is 8.73. The van der Waals surface area contributed by atoms with Crippen molar-refractivity contribution in [2.45, 2.75) is 26.3 Å². The maximum absolute atomic E-state index is 8.73. The van der Waals surface area contributed by atoms with E-state index in [2.05, 4.69) is 28.6 Å². The summed E-state index contributed by atoms with van der Waals surface area (Å²) in [5.41, 5.74) is 1.61. The summed E-state index contributed by atoms with van der Waals surface area (Å²) in [7, 11) is 0. The van der Waals surface area contributed by atoms with Crippen LogP contribution in [0.2, 0.25) is 0 Å². The summed E-state index contributed by atoms with van der Waals surface area (Å²) in [6.45, 7) is 8.82. The van der Waals surface area contributed by atoms with Crippen molar-refractivity contribution in [2.24, 2.45) is 0 Å². The van der Waals surface area contributed by atoms with E-state index in [0.29, 0.717) is 11.7 Å². The van der Waals surface area contributed by atoms with Gasteiger partial charge >= 0.3 is 0 Å². The third-order valence-corrected chi connectivity index (χ3v) is 3.76. The predicted molar refractivity (Wildman–Crippen MR) is 72.5 cm³/mol. The van der Waals surface area contributed by atoms with E-state index < -0.39 is 0 Å². The number of pyridine rings is 1. The SMILES string of the molecule is CCC(C)N1CCN(c2ccc(C#N)nc2)CC1. The monoisotopic (exact) mass is 244 g/mol. The molecule has 1 aromatic rings. The van der Waals surface area contributed by atoms with Crippen LogP contribution in [0.5, 0.6) is 0 Å². The minimum Gasteiger partial charge on any atom is -0.368 e. The van der Waals surface area contributed by atoms with Gasteiger partial charge in [-0.2, -0.15) is 5.26 Å². The first-order valence-electron chi connectivity index (χ1n) is 6.59. The molecule has 0 radical (unpaired) electrons. The minimum absolute atomic E-state index is 0.483. The van der Waals surface area contributed by atoms with Crippen LogP contribution in [0.3, 0.4) is 0 Å². The van der Waals surface area contributed by atoms with Crippen LogP contribution in [0.25, 0.3) is 0 Å². The van der Waals surface area contributed by atoms with Crippen LogP contribution in [0.15, 0.2) is 18.3 Å². The fourth-order valence-electron chi connectivity index (χ4n) is 2.32. The van der Waals surface area contributed by atoms with Crippen LogP contribution in [-0.2, 0) is 0 Å². The Labute approximate surface area is 109 Å². The number of hydrogen-bond acceptors (Lipinski definition) is 4. The van der Waals surface area contributed by atoms with Gasteiger partial charge in [0, 0.05) is 32.2 Å². The number of nitriles is 1. The molecule has 1 saturated heterocycles. The Balaban J connectivity index is 1.95. The summed E-state index contributed by atoms with van der Waals surface area (Å²) < 4.78 is 0. The highest BCUT2D eigenvalue weighted by atomic mass is 15.3. The Bertz CT molecular complexity index is 412. The first kappa shape index (κ1) is 12.8. The zero-order chi connectivity index (χ0) is 13.0. The van der Waals surface area contributed by atoms with E-state index in [4.69, 9.17) is 5.26 Å². The van der Waals surface area contributed by atoms with Gasteiger partial charge in [-0.05, 0) is 25.5 Å². The van der Waals surface area contributed by atoms with Crippen LogP contribution in [0, 0.1) is 11.3 Å². The summed E-state index contributed by atoms with van der Waals surface area (Å²) in [5.74, 6) is 0. The molecule has 0 aliphatic carbocycles. The van der Waals surface area contributed by atoms with Crippen LogP contribution < -0.4 is 4.90 Å². The fourth-order valence-corrected chi connectivity index (χ4v) is 2.32. The lowest BCUT2D eigenvalue weighted by Crippen LogP contribution is -2.49. The number of anilines is 1. The van der Waals surface area contributed by atoms with Gasteiger partial charge in [-0.25, -0.2) is 4.98 Å². The highest BCUT2D eigenvalue weighted by molar-refractivity contribution is 5.46. The van der Waals surface area contributed by atoms with E-state index in [9.17, 15) is 0 Å². The molecule has 4 heteroatoms. The van der Waals surface area contributed by atoms with Crippen molar-refractivity contribution in [2.75, 3.05) is 31.1 Å². The summed E-state index contributed by atoms with van der Waals surface area (Å²) in [4.78, 5) is 9.00. The average molecular weight is 244 g/mol. The molecule has 4 nitrogen and oxygen atoms in total. The number of hydrogen-bond donors (Lipinski definition) is 0. The van der Waals surface area contributed by atoms with Gasteiger partial charge < -0.3 is 4.90 Å². The summed E-state index contributed by atoms with van der Waals surface area (Å²) in [5, 5.41) is 8.73. The molecular formula is C14H20N4. The molecule has 0 saturated carbocycles. The van der Waals surface area contributed by atoms with Gasteiger partial charge in [-0.1, -0.05) is 6.92 Å². The molecule has 2 rings (SSSR count). The van der Waals surface area contributed by atoms with Gasteiger partial charge in [0.15, 0.2) is 0 Å². The van der Waals surface area contributed by atoms with Crippen molar-refractivity contribution in [3.05, 3.63) is 24.0 Å². The van der Waals surface area contributed by atoms with E-state index in [1.807, 2.05) is 12.1 Å². The van der Waals surface area contributed by atoms with Crippen LogP contribution in [-0.4, -0.2) is 42.1 Å². The molecule has 1 aliphatic heterocycles. The van der Waals surface area contributed by atoms with Gasteiger partial charge in [0.25, 0.3) is 0 Å². The molecule has 1 fully saturated rings. The van der Waals surface area contributed by atoms with E-state index in [1.165, 1.54) is 6.42 Å². The van der Waals surface area contributed by atoms with Gasteiger partial charge in [0.1, 0.15) is 11.8 Å². The van der Waals surface area contributed by atoms with E-state index in [0.717, 1.165) is 31.9 Å². The van der Waals surface area contributed by atoms with Crippen molar-refractivity contribution in [1.29, 1.82) is 5.26 Å². The zero-order valence-corrected chi connectivity index (χ0v) is 11.1. The number of nitrogens with zero attached hydrogens (tertiary/aromatic N) is 4. The molecule has 1 unspecified atom stereocenters. The molecular weight excluding hydrogens is 224 g/mol. The van der Waals surface area contributed by atoms with Crippen LogP contribution in [0.4, 0.5) is 5.69 Å². The number of piperazine rings is 1.